The Bertz CT molecular complexity index is 1670. The first kappa shape index (κ1) is 26.2. The summed E-state index contributed by atoms with van der Waals surface area (Å²) in [5.74, 6) is 1.52. The zero-order chi connectivity index (χ0) is 28.1. The minimum Gasteiger partial charge on any atom is -0.365 e. The van der Waals surface area contributed by atoms with E-state index in [1.165, 1.54) is 12.1 Å². The molecule has 2 aromatic carbocycles. The van der Waals surface area contributed by atoms with Gasteiger partial charge < -0.3 is 14.0 Å². The third-order valence-corrected chi connectivity index (χ3v) is 8.54. The number of anilines is 1. The molecule has 0 amide bonds. The second-order valence-corrected chi connectivity index (χ2v) is 11.3. The van der Waals surface area contributed by atoms with Gasteiger partial charge in [-0.2, -0.15) is 4.98 Å². The van der Waals surface area contributed by atoms with Crippen LogP contribution in [0.2, 0.25) is 0 Å². The normalized spacial score (nSPS) is 20.6. The summed E-state index contributed by atoms with van der Waals surface area (Å²) in [5, 5.41) is 5.15. The Morgan fingerprint density at radius 3 is 2.58 bits per heavy atom. The van der Waals surface area contributed by atoms with Gasteiger partial charge in [-0.05, 0) is 62.9 Å². The Morgan fingerprint density at radius 1 is 1.12 bits per heavy atom. The topological polar surface area (TPSA) is 71.8 Å². The average molecular weight is 541 g/mol. The van der Waals surface area contributed by atoms with E-state index >= 15 is 0 Å². The Labute approximate surface area is 232 Å². The highest BCUT2D eigenvalue weighted by Crippen LogP contribution is 2.40. The Morgan fingerprint density at radius 2 is 1.88 bits per heavy atom. The van der Waals surface area contributed by atoms with Gasteiger partial charge in [-0.15, -0.1) is 0 Å². The van der Waals surface area contributed by atoms with Gasteiger partial charge in [0.25, 0.3) is 5.56 Å². The van der Waals surface area contributed by atoms with E-state index in [-0.39, 0.29) is 29.5 Å². The molecule has 1 saturated heterocycles. The molecule has 2 aromatic heterocycles. The molecule has 1 saturated carbocycles. The van der Waals surface area contributed by atoms with Crippen molar-refractivity contribution in [1.82, 2.24) is 19.6 Å². The van der Waals surface area contributed by atoms with E-state index in [4.69, 9.17) is 11.1 Å². The van der Waals surface area contributed by atoms with Crippen molar-refractivity contribution < 1.29 is 8.91 Å². The molecule has 1 aliphatic carbocycles. The molecule has 8 nitrogen and oxygen atoms in total. The van der Waals surface area contributed by atoms with Crippen molar-refractivity contribution >= 4 is 22.3 Å². The third-order valence-electron chi connectivity index (χ3n) is 8.54. The number of aryl methyl sites for hydroxylation is 2. The van der Waals surface area contributed by atoms with E-state index < -0.39 is 0 Å². The summed E-state index contributed by atoms with van der Waals surface area (Å²) in [5.41, 5.74) is 4.08. The first-order chi connectivity index (χ1) is 19.2. The van der Waals surface area contributed by atoms with Crippen LogP contribution in [0.5, 0.6) is 0 Å². The molecule has 40 heavy (non-hydrogen) atoms. The summed E-state index contributed by atoms with van der Waals surface area (Å²) in [6.45, 7) is 15.3. The lowest BCUT2D eigenvalue weighted by molar-refractivity contribution is 0.104. The SMILES string of the molecule is [C-]#[N+]c1ccc2c(c(N3C[C@@H](C)N(C(Cc4nc(C5CC5)no4)c4ccc(F)cc4)C[C@@H]3C)cc(=O)n2C)c1C. The van der Waals surface area contributed by atoms with Crippen LogP contribution in [0.15, 0.2) is 51.8 Å². The number of hydrogen-bond acceptors (Lipinski definition) is 6. The average Bonchev–Trinajstić information content (AvgIpc) is 3.69. The number of halogens is 1. The van der Waals surface area contributed by atoms with E-state index in [1.807, 2.05) is 25.1 Å². The van der Waals surface area contributed by atoms with Crippen LogP contribution in [0.25, 0.3) is 15.7 Å². The van der Waals surface area contributed by atoms with E-state index in [0.29, 0.717) is 37.0 Å². The van der Waals surface area contributed by atoms with Crippen molar-refractivity contribution in [3.8, 4) is 0 Å². The third kappa shape index (κ3) is 4.66. The molecule has 4 aromatic rings. The van der Waals surface area contributed by atoms with Crippen LogP contribution in [-0.2, 0) is 13.5 Å². The van der Waals surface area contributed by atoms with Crippen molar-refractivity contribution in [2.45, 2.75) is 64.1 Å². The quantitative estimate of drug-likeness (QED) is 0.293. The Balaban J connectivity index is 1.35. The van der Waals surface area contributed by atoms with Gasteiger partial charge in [0.2, 0.25) is 5.89 Å². The number of rotatable bonds is 6. The van der Waals surface area contributed by atoms with Crippen molar-refractivity contribution in [3.63, 3.8) is 0 Å². The fraction of sp³-hybridized carbons (Fsp3) is 0.419. The van der Waals surface area contributed by atoms with Crippen LogP contribution in [-0.4, -0.2) is 44.8 Å². The number of benzene rings is 2. The molecule has 0 bridgehead atoms. The van der Waals surface area contributed by atoms with Crippen molar-refractivity contribution in [3.05, 3.63) is 92.9 Å². The molecule has 1 aliphatic heterocycles. The van der Waals surface area contributed by atoms with Crippen molar-refractivity contribution in [2.24, 2.45) is 7.05 Å². The number of aromatic nitrogens is 3. The first-order valence-corrected chi connectivity index (χ1v) is 13.9. The van der Waals surface area contributed by atoms with Gasteiger partial charge in [0.1, 0.15) is 5.82 Å². The highest BCUT2D eigenvalue weighted by molar-refractivity contribution is 5.98. The smallest absolute Gasteiger partial charge is 0.252 e. The number of hydrogen-bond donors (Lipinski definition) is 0. The summed E-state index contributed by atoms with van der Waals surface area (Å²) >= 11 is 0. The standard InChI is InChI=1S/C31H33FN6O2/c1-18-17-38(27-15-29(39)36(5)25-13-12-24(33-4)20(3)30(25)27)19(2)16-37(18)26(21-8-10-23(32)11-9-21)14-28-34-31(35-40-28)22-6-7-22/h8-13,15,18-19,22,26H,6-7,14,16-17H2,1-3,5H3/t18-,19+,26?/m1/s1. The maximum absolute atomic E-state index is 13.9. The number of nitrogens with zero attached hydrogens (tertiary/aromatic N) is 6. The van der Waals surface area contributed by atoms with Crippen molar-refractivity contribution in [1.29, 1.82) is 0 Å². The highest BCUT2D eigenvalue weighted by atomic mass is 19.1. The minimum atomic E-state index is -0.269. The molecular formula is C31H33FN6O2. The summed E-state index contributed by atoms with van der Waals surface area (Å²) in [4.78, 5) is 26.1. The molecule has 3 atom stereocenters. The largest absolute Gasteiger partial charge is 0.365 e. The molecular weight excluding hydrogens is 507 g/mol. The molecule has 2 aliphatic rings. The predicted octanol–water partition coefficient (Wildman–Crippen LogP) is 5.68. The van der Waals surface area contributed by atoms with E-state index in [2.05, 4.69) is 38.6 Å². The summed E-state index contributed by atoms with van der Waals surface area (Å²) in [6.07, 6.45) is 2.74. The fourth-order valence-electron chi connectivity index (χ4n) is 6.10. The van der Waals surface area contributed by atoms with Gasteiger partial charge in [-0.3, -0.25) is 9.69 Å². The van der Waals surface area contributed by atoms with Crippen LogP contribution in [0.1, 0.15) is 61.5 Å². The molecule has 2 fully saturated rings. The second kappa shape index (κ2) is 10.2. The maximum atomic E-state index is 13.9. The first-order valence-electron chi connectivity index (χ1n) is 13.9. The predicted molar refractivity (Wildman–Crippen MR) is 152 cm³/mol. The summed E-state index contributed by atoms with van der Waals surface area (Å²) in [7, 11) is 1.77. The second-order valence-electron chi connectivity index (χ2n) is 11.3. The molecule has 206 valence electrons. The van der Waals surface area contributed by atoms with Crippen LogP contribution in [0.3, 0.4) is 0 Å². The number of fused-ring (bicyclic) bond motifs is 1. The lowest BCUT2D eigenvalue weighted by atomic mass is 9.96. The Hall–Kier alpha value is -4.03. The van der Waals surface area contributed by atoms with E-state index in [0.717, 1.165) is 46.4 Å². The van der Waals surface area contributed by atoms with Crippen LogP contribution < -0.4 is 10.5 Å². The molecule has 0 radical (unpaired) electrons. The fourth-order valence-corrected chi connectivity index (χ4v) is 6.10. The summed E-state index contributed by atoms with van der Waals surface area (Å²) in [6, 6.07) is 12.1. The van der Waals surface area contributed by atoms with Gasteiger partial charge in [0.15, 0.2) is 11.5 Å². The molecule has 0 spiro atoms. The lowest BCUT2D eigenvalue weighted by Gasteiger charge is -2.48. The van der Waals surface area contributed by atoms with Crippen LogP contribution in [0, 0.1) is 19.3 Å². The highest BCUT2D eigenvalue weighted by Gasteiger charge is 2.37. The molecule has 1 unspecified atom stereocenters. The molecule has 9 heteroatoms. The maximum Gasteiger partial charge on any atom is 0.252 e. The number of piperazine rings is 1. The van der Waals surface area contributed by atoms with Gasteiger partial charge in [-0.1, -0.05) is 23.4 Å². The van der Waals surface area contributed by atoms with Crippen LogP contribution in [0.4, 0.5) is 15.8 Å². The van der Waals surface area contributed by atoms with Gasteiger partial charge in [0, 0.05) is 62.1 Å². The lowest BCUT2D eigenvalue weighted by Crippen LogP contribution is -2.57. The number of pyridine rings is 1. The van der Waals surface area contributed by atoms with Gasteiger partial charge >= 0.3 is 0 Å². The van der Waals surface area contributed by atoms with Gasteiger partial charge in [0.05, 0.1) is 17.8 Å². The summed E-state index contributed by atoms with van der Waals surface area (Å²) < 4.78 is 21.2. The van der Waals surface area contributed by atoms with E-state index in [9.17, 15) is 9.18 Å². The van der Waals surface area contributed by atoms with Crippen LogP contribution >= 0.6 is 0 Å². The molecule has 6 rings (SSSR count). The minimum absolute atomic E-state index is 0.0650. The van der Waals surface area contributed by atoms with Gasteiger partial charge in [-0.25, -0.2) is 9.24 Å². The zero-order valence-corrected chi connectivity index (χ0v) is 23.3. The zero-order valence-electron chi connectivity index (χ0n) is 23.3. The molecule has 3 heterocycles. The Kier molecular flexibility index (Phi) is 6.67. The van der Waals surface area contributed by atoms with E-state index in [1.54, 1.807) is 23.7 Å². The van der Waals surface area contributed by atoms with Crippen molar-refractivity contribution in [2.75, 3.05) is 18.0 Å². The molecule has 0 N–H and O–H groups in total. The monoisotopic (exact) mass is 540 g/mol.